The van der Waals surface area contributed by atoms with Crippen LogP contribution in [0.1, 0.15) is 40.3 Å². The minimum Gasteiger partial charge on any atom is -0.398 e. The molecule has 18 heavy (non-hydrogen) atoms. The van der Waals surface area contributed by atoms with Crippen molar-refractivity contribution < 1.29 is 14.0 Å². The van der Waals surface area contributed by atoms with Crippen LogP contribution < -0.4 is 5.59 Å². The molecule has 98 valence electrons. The highest BCUT2D eigenvalue weighted by Gasteiger charge is 2.53. The fourth-order valence-corrected chi connectivity index (χ4v) is 2.02. The molecule has 0 aromatic carbocycles. The molecular formula is C11H18BN3O3. The average Bonchev–Trinajstić information content (AvgIpc) is 2.68. The van der Waals surface area contributed by atoms with Gasteiger partial charge in [0, 0.05) is 6.42 Å². The van der Waals surface area contributed by atoms with Crippen molar-refractivity contribution in [3.8, 4) is 0 Å². The van der Waals surface area contributed by atoms with Crippen LogP contribution in [-0.4, -0.2) is 39.9 Å². The van der Waals surface area contributed by atoms with Gasteiger partial charge < -0.3 is 14.0 Å². The number of ether oxygens (including phenoxy) is 1. The summed E-state index contributed by atoms with van der Waals surface area (Å²) in [4.78, 5) is 0. The maximum atomic E-state index is 5.99. The Morgan fingerprint density at radius 2 is 1.89 bits per heavy atom. The molecule has 7 heteroatoms. The molecule has 0 saturated carbocycles. The second kappa shape index (κ2) is 3.79. The zero-order valence-corrected chi connectivity index (χ0v) is 11.2. The second-order valence-corrected chi connectivity index (χ2v) is 5.81. The van der Waals surface area contributed by atoms with Crippen LogP contribution in [0, 0.1) is 0 Å². The van der Waals surface area contributed by atoms with Crippen molar-refractivity contribution in [2.75, 3.05) is 6.61 Å². The van der Waals surface area contributed by atoms with Gasteiger partial charge in [0.2, 0.25) is 0 Å². The van der Waals surface area contributed by atoms with E-state index in [-0.39, 0.29) is 17.4 Å². The first kappa shape index (κ1) is 12.1. The Kier molecular flexibility index (Phi) is 2.55. The van der Waals surface area contributed by atoms with Crippen LogP contribution in [0.3, 0.4) is 0 Å². The van der Waals surface area contributed by atoms with E-state index in [0.29, 0.717) is 0 Å². The summed E-state index contributed by atoms with van der Waals surface area (Å²) in [5.74, 6) is 0. The van der Waals surface area contributed by atoms with Crippen molar-refractivity contribution in [1.29, 1.82) is 0 Å². The Hall–Kier alpha value is -0.915. The molecule has 0 N–H and O–H groups in total. The number of rotatable bonds is 2. The first-order valence-electron chi connectivity index (χ1n) is 6.28. The van der Waals surface area contributed by atoms with Gasteiger partial charge in [0.05, 0.1) is 29.6 Å². The summed E-state index contributed by atoms with van der Waals surface area (Å²) < 4.78 is 19.2. The summed E-state index contributed by atoms with van der Waals surface area (Å²) >= 11 is 0. The van der Waals surface area contributed by atoms with Crippen molar-refractivity contribution in [3.63, 3.8) is 0 Å². The van der Waals surface area contributed by atoms with Gasteiger partial charge in [0.25, 0.3) is 0 Å². The van der Waals surface area contributed by atoms with Crippen molar-refractivity contribution in [2.24, 2.45) is 0 Å². The van der Waals surface area contributed by atoms with E-state index in [1.165, 1.54) is 0 Å². The summed E-state index contributed by atoms with van der Waals surface area (Å²) in [7, 11) is -0.436. The van der Waals surface area contributed by atoms with Crippen LogP contribution in [-0.2, 0) is 14.0 Å². The van der Waals surface area contributed by atoms with Crippen LogP contribution in [0.2, 0.25) is 0 Å². The van der Waals surface area contributed by atoms with Gasteiger partial charge >= 0.3 is 7.12 Å². The first-order chi connectivity index (χ1) is 8.41. The number of aromatic nitrogens is 3. The number of hydrogen-bond donors (Lipinski definition) is 0. The molecule has 0 spiro atoms. The summed E-state index contributed by atoms with van der Waals surface area (Å²) in [5.41, 5.74) is 0.110. The Morgan fingerprint density at radius 3 is 2.39 bits per heavy atom. The van der Waals surface area contributed by atoms with Crippen molar-refractivity contribution in [1.82, 2.24) is 15.0 Å². The molecule has 3 rings (SSSR count). The van der Waals surface area contributed by atoms with Gasteiger partial charge in [-0.05, 0) is 27.7 Å². The Labute approximate surface area is 107 Å². The molecule has 2 saturated heterocycles. The largest absolute Gasteiger partial charge is 0.516 e. The molecular weight excluding hydrogens is 233 g/mol. The van der Waals surface area contributed by atoms with E-state index in [2.05, 4.69) is 10.3 Å². The molecule has 1 atom stereocenters. The molecule has 1 aromatic rings. The molecule has 0 aliphatic carbocycles. The lowest BCUT2D eigenvalue weighted by molar-refractivity contribution is -0.106. The van der Waals surface area contributed by atoms with Crippen LogP contribution in [0.5, 0.6) is 0 Å². The van der Waals surface area contributed by atoms with Gasteiger partial charge in [-0.2, -0.15) is 0 Å². The predicted molar refractivity (Wildman–Crippen MR) is 65.3 cm³/mol. The first-order valence-corrected chi connectivity index (χ1v) is 6.28. The third kappa shape index (κ3) is 1.69. The second-order valence-electron chi connectivity index (χ2n) is 5.81. The lowest BCUT2D eigenvalue weighted by atomic mass is 9.85. The summed E-state index contributed by atoms with van der Waals surface area (Å²) in [6, 6.07) is 0. The monoisotopic (exact) mass is 251 g/mol. The quantitative estimate of drug-likeness (QED) is 0.716. The van der Waals surface area contributed by atoms with Gasteiger partial charge in [-0.15, -0.1) is 5.10 Å². The molecule has 1 unspecified atom stereocenters. The maximum Gasteiger partial charge on any atom is 0.516 e. The van der Waals surface area contributed by atoms with Crippen LogP contribution in [0.25, 0.3) is 0 Å². The fraction of sp³-hybridized carbons (Fsp3) is 0.818. The van der Waals surface area contributed by atoms with E-state index >= 15 is 0 Å². The molecule has 0 bridgehead atoms. The Morgan fingerprint density at radius 1 is 1.28 bits per heavy atom. The minimum atomic E-state index is -0.436. The standard InChI is InChI=1S/C11H18BN3O3/c1-10(2)11(3,4)18-12(17-10)8-7-13-14-15(8)9-5-6-16-9/h7,9H,5-6H2,1-4H3. The zero-order valence-electron chi connectivity index (χ0n) is 11.2. The number of hydrogen-bond acceptors (Lipinski definition) is 5. The molecule has 0 amide bonds. The van der Waals surface area contributed by atoms with Crippen molar-refractivity contribution in [3.05, 3.63) is 6.20 Å². The number of nitrogens with zero attached hydrogens (tertiary/aromatic N) is 3. The minimum absolute atomic E-state index is 0.0264. The van der Waals surface area contributed by atoms with Crippen molar-refractivity contribution in [2.45, 2.75) is 51.5 Å². The average molecular weight is 251 g/mol. The Balaban J connectivity index is 1.86. The topological polar surface area (TPSA) is 58.4 Å². The SMILES string of the molecule is CC1(C)OB(c2cnnn2C2CCO2)OC1(C)C. The summed E-state index contributed by atoms with van der Waals surface area (Å²) in [5, 5.41) is 8.00. The molecule has 0 radical (unpaired) electrons. The smallest absolute Gasteiger partial charge is 0.398 e. The van der Waals surface area contributed by atoms with Gasteiger partial charge in [-0.3, -0.25) is 0 Å². The van der Waals surface area contributed by atoms with Crippen LogP contribution in [0.4, 0.5) is 0 Å². The molecule has 2 fully saturated rings. The molecule has 2 aliphatic heterocycles. The van der Waals surface area contributed by atoms with E-state index in [1.807, 2.05) is 27.7 Å². The molecule has 1 aromatic heterocycles. The normalized spacial score (nSPS) is 29.3. The van der Waals surface area contributed by atoms with Crippen LogP contribution >= 0.6 is 0 Å². The third-order valence-electron chi connectivity index (χ3n) is 4.05. The van der Waals surface area contributed by atoms with Gasteiger partial charge in [0.15, 0.2) is 6.23 Å². The highest BCUT2D eigenvalue weighted by Crippen LogP contribution is 2.36. The zero-order chi connectivity index (χ0) is 13.0. The van der Waals surface area contributed by atoms with E-state index in [4.69, 9.17) is 14.0 Å². The van der Waals surface area contributed by atoms with E-state index in [1.54, 1.807) is 10.9 Å². The van der Waals surface area contributed by atoms with E-state index in [0.717, 1.165) is 18.6 Å². The Bertz CT molecular complexity index is 440. The summed E-state index contributed by atoms with van der Waals surface area (Å²) in [6.45, 7) is 8.89. The molecule has 6 nitrogen and oxygen atoms in total. The van der Waals surface area contributed by atoms with E-state index < -0.39 is 7.12 Å². The lowest BCUT2D eigenvalue weighted by Crippen LogP contribution is -2.43. The van der Waals surface area contributed by atoms with Crippen molar-refractivity contribution >= 4 is 12.7 Å². The van der Waals surface area contributed by atoms with Gasteiger partial charge in [-0.1, -0.05) is 5.21 Å². The third-order valence-corrected chi connectivity index (χ3v) is 4.05. The van der Waals surface area contributed by atoms with Crippen LogP contribution in [0.15, 0.2) is 6.20 Å². The predicted octanol–water partition coefficient (Wildman–Crippen LogP) is 0.496. The highest BCUT2D eigenvalue weighted by atomic mass is 16.7. The van der Waals surface area contributed by atoms with Gasteiger partial charge in [0.1, 0.15) is 0 Å². The maximum absolute atomic E-state index is 5.99. The van der Waals surface area contributed by atoms with E-state index in [9.17, 15) is 0 Å². The molecule has 3 heterocycles. The highest BCUT2D eigenvalue weighted by molar-refractivity contribution is 6.61. The van der Waals surface area contributed by atoms with Gasteiger partial charge in [-0.25, -0.2) is 4.68 Å². The fourth-order valence-electron chi connectivity index (χ4n) is 2.02. The molecule has 2 aliphatic rings. The summed E-state index contributed by atoms with van der Waals surface area (Å²) in [6.07, 6.45) is 2.61. The lowest BCUT2D eigenvalue weighted by Gasteiger charge is -2.32.